The minimum absolute atomic E-state index is 0.0865. The van der Waals surface area contributed by atoms with Crippen LogP contribution in [0.5, 0.6) is 0 Å². The molecule has 17 heavy (non-hydrogen) atoms. The fourth-order valence-electron chi connectivity index (χ4n) is 1.80. The molecule has 0 aromatic carbocycles. The lowest BCUT2D eigenvalue weighted by atomic mass is 10.2. The average Bonchev–Trinajstić information content (AvgIpc) is 2.84. The second-order valence-corrected chi connectivity index (χ2v) is 5.58. The van der Waals surface area contributed by atoms with Crippen LogP contribution in [0.15, 0.2) is 12.3 Å². The van der Waals surface area contributed by atoms with Crippen molar-refractivity contribution in [1.29, 1.82) is 0 Å². The Morgan fingerprint density at radius 3 is 3.12 bits per heavy atom. The highest BCUT2D eigenvalue weighted by atomic mass is 35.5. The van der Waals surface area contributed by atoms with Crippen LogP contribution < -0.4 is 5.73 Å². The van der Waals surface area contributed by atoms with E-state index >= 15 is 0 Å². The molecule has 1 atom stereocenters. The van der Waals surface area contributed by atoms with Crippen molar-refractivity contribution >= 4 is 35.1 Å². The van der Waals surface area contributed by atoms with Crippen LogP contribution in [0, 0.1) is 0 Å². The third-order valence-electron chi connectivity index (χ3n) is 2.88. The smallest absolute Gasteiger partial charge is 0.255 e. The Labute approximate surface area is 110 Å². The van der Waals surface area contributed by atoms with E-state index in [9.17, 15) is 4.79 Å². The van der Waals surface area contributed by atoms with Crippen LogP contribution in [0.2, 0.25) is 5.02 Å². The van der Waals surface area contributed by atoms with Gasteiger partial charge in [0, 0.05) is 25.0 Å². The molecule has 0 bridgehead atoms. The predicted octanol–water partition coefficient (Wildman–Crippen LogP) is 1.89. The molecule has 1 aromatic rings. The number of nitrogens with two attached hydrogens (primary N) is 1. The van der Waals surface area contributed by atoms with Gasteiger partial charge in [0.15, 0.2) is 0 Å². The third kappa shape index (κ3) is 2.66. The zero-order valence-electron chi connectivity index (χ0n) is 9.52. The van der Waals surface area contributed by atoms with E-state index in [2.05, 4.69) is 4.98 Å². The molecule has 4 nitrogen and oxygen atoms in total. The second kappa shape index (κ2) is 5.14. The number of carbonyl (C=O) groups is 1. The van der Waals surface area contributed by atoms with Crippen LogP contribution in [-0.2, 0) is 0 Å². The lowest BCUT2D eigenvalue weighted by Gasteiger charge is -2.24. The van der Waals surface area contributed by atoms with Crippen molar-refractivity contribution in [2.75, 3.05) is 24.3 Å². The lowest BCUT2D eigenvalue weighted by Crippen LogP contribution is -2.37. The van der Waals surface area contributed by atoms with Gasteiger partial charge in [-0.05, 0) is 18.2 Å². The molecule has 1 aromatic heterocycles. The molecule has 1 aliphatic rings. The molecule has 0 radical (unpaired) electrons. The van der Waals surface area contributed by atoms with Gasteiger partial charge in [0.1, 0.15) is 5.82 Å². The average molecular weight is 272 g/mol. The van der Waals surface area contributed by atoms with E-state index < -0.39 is 0 Å². The Morgan fingerprint density at radius 1 is 1.71 bits per heavy atom. The largest absolute Gasteiger partial charge is 0.384 e. The summed E-state index contributed by atoms with van der Waals surface area (Å²) in [4.78, 5) is 17.9. The van der Waals surface area contributed by atoms with Gasteiger partial charge in [-0.1, -0.05) is 11.6 Å². The molecule has 6 heteroatoms. The van der Waals surface area contributed by atoms with E-state index in [0.717, 1.165) is 17.9 Å². The molecule has 1 unspecified atom stereocenters. The summed E-state index contributed by atoms with van der Waals surface area (Å²) < 4.78 is 0. The Hall–Kier alpha value is -0.940. The van der Waals surface area contributed by atoms with Crippen LogP contribution in [-0.4, -0.2) is 40.4 Å². The number of pyridine rings is 1. The Bertz CT molecular complexity index is 435. The molecule has 2 N–H and O–H groups in total. The van der Waals surface area contributed by atoms with E-state index in [0.29, 0.717) is 16.4 Å². The number of hydrogen-bond donors (Lipinski definition) is 1. The van der Waals surface area contributed by atoms with Gasteiger partial charge in [-0.3, -0.25) is 4.79 Å². The van der Waals surface area contributed by atoms with E-state index in [1.807, 2.05) is 18.8 Å². The Morgan fingerprint density at radius 2 is 2.47 bits per heavy atom. The number of nitrogens with zero attached hydrogens (tertiary/aromatic N) is 2. The van der Waals surface area contributed by atoms with E-state index in [4.69, 9.17) is 17.3 Å². The fourth-order valence-corrected chi connectivity index (χ4v) is 3.25. The number of carbonyl (C=O) groups excluding carboxylic acids is 1. The molecule has 2 rings (SSSR count). The summed E-state index contributed by atoms with van der Waals surface area (Å²) in [5.41, 5.74) is 6.00. The molecule has 1 fully saturated rings. The van der Waals surface area contributed by atoms with Gasteiger partial charge in [0.2, 0.25) is 0 Å². The second-order valence-electron chi connectivity index (χ2n) is 4.02. The van der Waals surface area contributed by atoms with Gasteiger partial charge in [-0.25, -0.2) is 4.98 Å². The molecule has 1 aliphatic heterocycles. The minimum Gasteiger partial charge on any atom is -0.384 e. The van der Waals surface area contributed by atoms with Gasteiger partial charge >= 0.3 is 0 Å². The highest BCUT2D eigenvalue weighted by Gasteiger charge is 2.25. The molecular formula is C11H14ClN3OS. The highest BCUT2D eigenvalue weighted by molar-refractivity contribution is 7.99. The number of halogens is 1. The SMILES string of the molecule is CN(C(=O)c1cc(N)ncc1Cl)C1CCSC1. The van der Waals surface area contributed by atoms with Crippen molar-refractivity contribution in [3.05, 3.63) is 22.8 Å². The molecule has 0 saturated carbocycles. The summed E-state index contributed by atoms with van der Waals surface area (Å²) in [6, 6.07) is 1.82. The number of aromatic nitrogens is 1. The van der Waals surface area contributed by atoms with Crippen LogP contribution in [0.1, 0.15) is 16.8 Å². The zero-order valence-corrected chi connectivity index (χ0v) is 11.1. The van der Waals surface area contributed by atoms with Crippen molar-refractivity contribution < 1.29 is 4.79 Å². The summed E-state index contributed by atoms with van der Waals surface area (Å²) >= 11 is 7.84. The summed E-state index contributed by atoms with van der Waals surface area (Å²) in [6.45, 7) is 0. The first kappa shape index (κ1) is 12.5. The van der Waals surface area contributed by atoms with Crippen molar-refractivity contribution in [2.24, 2.45) is 0 Å². The number of thioether (sulfide) groups is 1. The number of anilines is 1. The van der Waals surface area contributed by atoms with E-state index in [-0.39, 0.29) is 11.9 Å². The number of amides is 1. The lowest BCUT2D eigenvalue weighted by molar-refractivity contribution is 0.0748. The molecule has 92 valence electrons. The van der Waals surface area contributed by atoms with Gasteiger partial charge < -0.3 is 10.6 Å². The molecule has 0 aliphatic carbocycles. The number of rotatable bonds is 2. The molecular weight excluding hydrogens is 258 g/mol. The van der Waals surface area contributed by atoms with Crippen molar-refractivity contribution in [3.63, 3.8) is 0 Å². The monoisotopic (exact) mass is 271 g/mol. The topological polar surface area (TPSA) is 59.2 Å². The maximum atomic E-state index is 12.3. The van der Waals surface area contributed by atoms with Gasteiger partial charge in [-0.2, -0.15) is 11.8 Å². The van der Waals surface area contributed by atoms with E-state index in [1.54, 1.807) is 4.90 Å². The van der Waals surface area contributed by atoms with Crippen molar-refractivity contribution in [1.82, 2.24) is 9.88 Å². The maximum Gasteiger partial charge on any atom is 0.255 e. The highest BCUT2D eigenvalue weighted by Crippen LogP contribution is 2.24. The van der Waals surface area contributed by atoms with Crippen molar-refractivity contribution in [3.8, 4) is 0 Å². The summed E-state index contributed by atoms with van der Waals surface area (Å²) in [5.74, 6) is 2.32. The van der Waals surface area contributed by atoms with Gasteiger partial charge in [0.05, 0.1) is 10.6 Å². The van der Waals surface area contributed by atoms with Crippen molar-refractivity contribution in [2.45, 2.75) is 12.5 Å². The van der Waals surface area contributed by atoms with Gasteiger partial charge in [-0.15, -0.1) is 0 Å². The molecule has 0 spiro atoms. The Balaban J connectivity index is 2.20. The molecule has 1 amide bonds. The first-order chi connectivity index (χ1) is 8.09. The number of hydrogen-bond acceptors (Lipinski definition) is 4. The summed E-state index contributed by atoms with van der Waals surface area (Å²) in [7, 11) is 1.81. The quantitative estimate of drug-likeness (QED) is 0.892. The summed E-state index contributed by atoms with van der Waals surface area (Å²) in [5, 5.41) is 0.349. The zero-order chi connectivity index (χ0) is 12.4. The molecule has 2 heterocycles. The summed E-state index contributed by atoms with van der Waals surface area (Å²) in [6.07, 6.45) is 2.45. The van der Waals surface area contributed by atoms with Crippen LogP contribution in [0.25, 0.3) is 0 Å². The maximum absolute atomic E-state index is 12.3. The normalized spacial score (nSPS) is 19.3. The van der Waals surface area contributed by atoms with Gasteiger partial charge in [0.25, 0.3) is 5.91 Å². The van der Waals surface area contributed by atoms with E-state index in [1.165, 1.54) is 12.3 Å². The first-order valence-electron chi connectivity index (χ1n) is 5.35. The fraction of sp³-hybridized carbons (Fsp3) is 0.455. The van der Waals surface area contributed by atoms with Crippen LogP contribution in [0.3, 0.4) is 0 Å². The minimum atomic E-state index is -0.0865. The standard InChI is InChI=1S/C11H14ClN3OS/c1-15(7-2-3-17-6-7)11(16)8-4-10(13)14-5-9(8)12/h4-5,7H,2-3,6H2,1H3,(H2,13,14). The van der Waals surface area contributed by atoms with Crippen LogP contribution in [0.4, 0.5) is 5.82 Å². The molecule has 1 saturated heterocycles. The number of nitrogen functional groups attached to an aromatic ring is 1. The first-order valence-corrected chi connectivity index (χ1v) is 6.89. The van der Waals surface area contributed by atoms with Crippen LogP contribution >= 0.6 is 23.4 Å². The Kier molecular flexibility index (Phi) is 3.79. The third-order valence-corrected chi connectivity index (χ3v) is 4.33. The predicted molar refractivity (Wildman–Crippen MR) is 71.5 cm³/mol.